The fraction of sp³-hybridized carbons (Fsp3) is 0.500. The van der Waals surface area contributed by atoms with Crippen molar-refractivity contribution in [3.05, 3.63) is 17.7 Å². The van der Waals surface area contributed by atoms with E-state index >= 15 is 0 Å². The largest absolute Gasteiger partial charge is 0.332 e. The van der Waals surface area contributed by atoms with Crippen LogP contribution >= 0.6 is 0 Å². The van der Waals surface area contributed by atoms with Gasteiger partial charge in [-0.05, 0) is 12.8 Å². The minimum absolute atomic E-state index is 0.444. The third-order valence-corrected chi connectivity index (χ3v) is 1.94. The van der Waals surface area contributed by atoms with Crippen LogP contribution in [0, 0.1) is 6.92 Å². The number of hydrogen-bond donors (Lipinski definition) is 0. The quantitative estimate of drug-likeness (QED) is 0.646. The number of aromatic nitrogens is 3. The summed E-state index contributed by atoms with van der Waals surface area (Å²) in [5.74, 6) is 1.02. The van der Waals surface area contributed by atoms with Gasteiger partial charge in [0.05, 0.1) is 11.4 Å². The lowest BCUT2D eigenvalue weighted by Crippen LogP contribution is -1.94. The Bertz CT molecular complexity index is 399. The molecule has 0 aliphatic heterocycles. The molecule has 0 amide bonds. The fourth-order valence-corrected chi connectivity index (χ4v) is 1.52. The summed E-state index contributed by atoms with van der Waals surface area (Å²) >= 11 is 0. The first-order valence-electron chi connectivity index (χ1n) is 3.99. The van der Waals surface area contributed by atoms with Gasteiger partial charge in [0.2, 0.25) is 0 Å². The maximum Gasteiger partial charge on any atom is 0.332 e. The van der Waals surface area contributed by atoms with Crippen LogP contribution in [-0.4, -0.2) is 14.5 Å². The molecule has 2 heterocycles. The predicted molar refractivity (Wildman–Crippen MR) is 44.1 cm³/mol. The van der Waals surface area contributed by atoms with Crippen molar-refractivity contribution in [2.24, 2.45) is 0 Å². The van der Waals surface area contributed by atoms with Gasteiger partial charge < -0.3 is 4.52 Å². The van der Waals surface area contributed by atoms with Gasteiger partial charge in [0.1, 0.15) is 6.33 Å². The molecule has 4 nitrogen and oxygen atoms in total. The second-order valence-electron chi connectivity index (χ2n) is 3.20. The van der Waals surface area contributed by atoms with Gasteiger partial charge in [0.15, 0.2) is 0 Å². The van der Waals surface area contributed by atoms with Crippen molar-refractivity contribution < 1.29 is 4.52 Å². The molecule has 0 fully saturated rings. The van der Waals surface area contributed by atoms with E-state index in [-0.39, 0.29) is 0 Å². The lowest BCUT2D eigenvalue weighted by Gasteiger charge is -2.02. The molecule has 12 heavy (non-hydrogen) atoms. The van der Waals surface area contributed by atoms with Crippen molar-refractivity contribution >= 4 is 5.84 Å². The lowest BCUT2D eigenvalue weighted by molar-refractivity contribution is 0.447. The van der Waals surface area contributed by atoms with Gasteiger partial charge in [-0.25, -0.2) is 0 Å². The standard InChI is InChI=1S/C8H11N3O/c1-5(2)7-6(3)10-8-11(7)4-9-12-8/h4-5H,1-3H3. The SMILES string of the molecule is Cc1nc2oncn2c1C(C)C. The summed E-state index contributed by atoms with van der Waals surface area (Å²) < 4.78 is 6.82. The number of nitrogens with zero attached hydrogens (tertiary/aromatic N) is 3. The summed E-state index contributed by atoms with van der Waals surface area (Å²) in [7, 11) is 0. The van der Waals surface area contributed by atoms with Crippen molar-refractivity contribution in [2.75, 3.05) is 0 Å². The number of rotatable bonds is 1. The number of aryl methyl sites for hydroxylation is 1. The molecular formula is C8H11N3O. The molecule has 0 spiro atoms. The van der Waals surface area contributed by atoms with Gasteiger partial charge in [0.25, 0.3) is 0 Å². The molecule has 2 aromatic heterocycles. The highest BCUT2D eigenvalue weighted by molar-refractivity contribution is 5.32. The van der Waals surface area contributed by atoms with Gasteiger partial charge in [-0.3, -0.25) is 4.40 Å². The minimum Gasteiger partial charge on any atom is -0.315 e. The third-order valence-electron chi connectivity index (χ3n) is 1.94. The summed E-state index contributed by atoms with van der Waals surface area (Å²) in [5.41, 5.74) is 2.19. The van der Waals surface area contributed by atoms with Crippen LogP contribution < -0.4 is 0 Å². The Morgan fingerprint density at radius 3 is 2.92 bits per heavy atom. The summed E-state index contributed by atoms with van der Waals surface area (Å²) in [6, 6.07) is 0. The maximum atomic E-state index is 4.93. The Morgan fingerprint density at radius 1 is 1.50 bits per heavy atom. The Balaban J connectivity index is 2.76. The molecule has 0 radical (unpaired) electrons. The van der Waals surface area contributed by atoms with Crippen LogP contribution in [-0.2, 0) is 0 Å². The van der Waals surface area contributed by atoms with Crippen molar-refractivity contribution in [3.8, 4) is 0 Å². The first-order chi connectivity index (χ1) is 5.70. The summed E-state index contributed by atoms with van der Waals surface area (Å²) in [6.45, 7) is 6.24. The number of fused-ring (bicyclic) bond motifs is 1. The zero-order chi connectivity index (χ0) is 8.72. The van der Waals surface area contributed by atoms with E-state index in [0.717, 1.165) is 5.69 Å². The number of hydrogen-bond acceptors (Lipinski definition) is 3. The Labute approximate surface area is 70.2 Å². The molecule has 64 valence electrons. The highest BCUT2D eigenvalue weighted by Crippen LogP contribution is 2.19. The molecular weight excluding hydrogens is 154 g/mol. The van der Waals surface area contributed by atoms with Crippen LogP contribution in [0.3, 0.4) is 0 Å². The van der Waals surface area contributed by atoms with E-state index in [2.05, 4.69) is 24.0 Å². The van der Waals surface area contributed by atoms with Crippen molar-refractivity contribution in [1.82, 2.24) is 14.5 Å². The van der Waals surface area contributed by atoms with Crippen LogP contribution in [0.1, 0.15) is 31.2 Å². The van der Waals surface area contributed by atoms with E-state index < -0.39 is 0 Å². The fourth-order valence-electron chi connectivity index (χ4n) is 1.52. The topological polar surface area (TPSA) is 43.3 Å². The van der Waals surface area contributed by atoms with Crippen LogP contribution in [0.4, 0.5) is 0 Å². The molecule has 0 unspecified atom stereocenters. The molecule has 0 saturated heterocycles. The van der Waals surface area contributed by atoms with Gasteiger partial charge in [-0.15, -0.1) is 0 Å². The van der Waals surface area contributed by atoms with E-state index in [1.807, 2.05) is 11.3 Å². The highest BCUT2D eigenvalue weighted by atomic mass is 16.5. The molecule has 0 aliphatic rings. The van der Waals surface area contributed by atoms with Crippen LogP contribution in [0.25, 0.3) is 5.84 Å². The van der Waals surface area contributed by atoms with Gasteiger partial charge in [0, 0.05) is 0 Å². The smallest absolute Gasteiger partial charge is 0.315 e. The van der Waals surface area contributed by atoms with Crippen LogP contribution in [0.5, 0.6) is 0 Å². The molecule has 0 N–H and O–H groups in total. The van der Waals surface area contributed by atoms with Crippen LogP contribution in [0.15, 0.2) is 10.9 Å². The number of imidazole rings is 1. The van der Waals surface area contributed by atoms with Crippen molar-refractivity contribution in [3.63, 3.8) is 0 Å². The summed E-state index contributed by atoms with van der Waals surface area (Å²) in [6.07, 6.45) is 1.66. The molecule has 0 bridgehead atoms. The average Bonchev–Trinajstić information content (AvgIpc) is 2.44. The molecule has 0 saturated carbocycles. The van der Waals surface area contributed by atoms with Gasteiger partial charge in [-0.1, -0.05) is 19.0 Å². The Hall–Kier alpha value is -1.32. The van der Waals surface area contributed by atoms with E-state index in [0.29, 0.717) is 11.8 Å². The second-order valence-corrected chi connectivity index (χ2v) is 3.20. The monoisotopic (exact) mass is 165 g/mol. The van der Waals surface area contributed by atoms with Gasteiger partial charge in [-0.2, -0.15) is 4.98 Å². The lowest BCUT2D eigenvalue weighted by atomic mass is 10.1. The van der Waals surface area contributed by atoms with E-state index in [1.54, 1.807) is 6.33 Å². The maximum absolute atomic E-state index is 4.93. The summed E-state index contributed by atoms with van der Waals surface area (Å²) in [4.78, 5) is 4.23. The summed E-state index contributed by atoms with van der Waals surface area (Å²) in [5, 5.41) is 3.67. The Kier molecular flexibility index (Phi) is 1.43. The minimum atomic E-state index is 0.444. The normalized spacial score (nSPS) is 11.7. The van der Waals surface area contributed by atoms with Gasteiger partial charge >= 0.3 is 5.84 Å². The van der Waals surface area contributed by atoms with E-state index in [1.165, 1.54) is 5.69 Å². The van der Waals surface area contributed by atoms with E-state index in [4.69, 9.17) is 4.52 Å². The van der Waals surface area contributed by atoms with Crippen molar-refractivity contribution in [2.45, 2.75) is 26.7 Å². The third kappa shape index (κ3) is 0.841. The molecule has 0 aliphatic carbocycles. The van der Waals surface area contributed by atoms with Crippen molar-refractivity contribution in [1.29, 1.82) is 0 Å². The zero-order valence-corrected chi connectivity index (χ0v) is 7.40. The highest BCUT2D eigenvalue weighted by Gasteiger charge is 2.13. The first-order valence-corrected chi connectivity index (χ1v) is 3.99. The first kappa shape index (κ1) is 7.34. The second kappa shape index (κ2) is 2.33. The molecule has 4 heteroatoms. The van der Waals surface area contributed by atoms with E-state index in [9.17, 15) is 0 Å². The zero-order valence-electron chi connectivity index (χ0n) is 7.40. The molecule has 0 aromatic carbocycles. The molecule has 0 atom stereocenters. The predicted octanol–water partition coefficient (Wildman–Crippen LogP) is 1.75. The average molecular weight is 165 g/mol. The Morgan fingerprint density at radius 2 is 2.25 bits per heavy atom. The molecule has 2 aromatic rings. The van der Waals surface area contributed by atoms with Crippen LogP contribution in [0.2, 0.25) is 0 Å². The molecule has 2 rings (SSSR count).